The zero-order valence-electron chi connectivity index (χ0n) is 13.5. The van der Waals surface area contributed by atoms with E-state index in [9.17, 15) is 4.79 Å². The molecule has 1 saturated heterocycles. The maximum atomic E-state index is 12.8. The lowest BCUT2D eigenvalue weighted by Crippen LogP contribution is -2.58. The van der Waals surface area contributed by atoms with E-state index in [1.807, 2.05) is 13.1 Å². The summed E-state index contributed by atoms with van der Waals surface area (Å²) in [5, 5.41) is 8.12. The fraction of sp³-hybridized carbons (Fsp3) is 0.812. The van der Waals surface area contributed by atoms with Crippen molar-refractivity contribution in [3.8, 4) is 0 Å². The highest BCUT2D eigenvalue weighted by Gasteiger charge is 2.47. The van der Waals surface area contributed by atoms with Crippen LogP contribution in [0, 0.1) is 5.41 Å². The van der Waals surface area contributed by atoms with Gasteiger partial charge in [-0.25, -0.2) is 0 Å². The van der Waals surface area contributed by atoms with Crippen molar-refractivity contribution in [3.05, 3.63) is 11.9 Å². The first kappa shape index (κ1) is 15.5. The summed E-state index contributed by atoms with van der Waals surface area (Å²) < 4.78 is 1.77. The molecule has 0 aromatic carbocycles. The number of carbonyl (C=O) groups is 1. The SMILES string of the molecule is CCn1cc(CC(=O)N2CCCCC2C2(CN)CCC2)nn1. The third-order valence-electron chi connectivity index (χ3n) is 5.53. The fourth-order valence-corrected chi connectivity index (χ4v) is 4.00. The molecule has 1 atom stereocenters. The number of rotatable bonds is 5. The number of hydrogen-bond acceptors (Lipinski definition) is 4. The average Bonchev–Trinajstić information content (AvgIpc) is 2.95. The van der Waals surface area contributed by atoms with Gasteiger partial charge in [0.05, 0.1) is 12.1 Å². The summed E-state index contributed by atoms with van der Waals surface area (Å²) in [6, 6.07) is 0.328. The molecule has 22 heavy (non-hydrogen) atoms. The van der Waals surface area contributed by atoms with Crippen LogP contribution in [-0.2, 0) is 17.8 Å². The lowest BCUT2D eigenvalue weighted by atomic mass is 9.62. The van der Waals surface area contributed by atoms with Crippen molar-refractivity contribution >= 4 is 5.91 Å². The van der Waals surface area contributed by atoms with E-state index in [4.69, 9.17) is 5.73 Å². The van der Waals surface area contributed by atoms with E-state index in [2.05, 4.69) is 15.2 Å². The minimum Gasteiger partial charge on any atom is -0.339 e. The molecule has 1 aliphatic carbocycles. The number of carbonyl (C=O) groups excluding carboxylic acids is 1. The summed E-state index contributed by atoms with van der Waals surface area (Å²) in [6.45, 7) is 4.37. The summed E-state index contributed by atoms with van der Waals surface area (Å²) in [7, 11) is 0. The van der Waals surface area contributed by atoms with E-state index in [0.717, 1.165) is 31.6 Å². The van der Waals surface area contributed by atoms with Crippen LogP contribution in [0.4, 0.5) is 0 Å². The quantitative estimate of drug-likeness (QED) is 0.891. The lowest BCUT2D eigenvalue weighted by molar-refractivity contribution is -0.140. The molecule has 1 amide bonds. The molecule has 122 valence electrons. The van der Waals surface area contributed by atoms with Crippen LogP contribution in [0.1, 0.15) is 51.1 Å². The molecule has 1 aromatic rings. The van der Waals surface area contributed by atoms with Gasteiger partial charge in [-0.15, -0.1) is 5.10 Å². The van der Waals surface area contributed by atoms with Gasteiger partial charge in [-0.05, 0) is 45.6 Å². The molecule has 1 aromatic heterocycles. The second-order valence-corrected chi connectivity index (χ2v) is 6.76. The Hall–Kier alpha value is -1.43. The standard InChI is InChI=1S/C16H27N5O/c1-2-20-11-13(18-19-20)10-15(22)21-9-4-3-6-14(21)16(12-17)7-5-8-16/h11,14H,2-10,12,17H2,1H3. The highest BCUT2D eigenvalue weighted by atomic mass is 16.2. The minimum atomic E-state index is 0.178. The van der Waals surface area contributed by atoms with E-state index >= 15 is 0 Å². The zero-order valence-corrected chi connectivity index (χ0v) is 13.5. The van der Waals surface area contributed by atoms with Crippen LogP contribution < -0.4 is 5.73 Å². The van der Waals surface area contributed by atoms with Gasteiger partial charge in [0, 0.05) is 30.7 Å². The van der Waals surface area contributed by atoms with Crippen molar-refractivity contribution < 1.29 is 4.79 Å². The number of nitrogens with two attached hydrogens (primary N) is 1. The van der Waals surface area contributed by atoms with E-state index < -0.39 is 0 Å². The molecule has 3 rings (SSSR count). The molecule has 6 heteroatoms. The molecule has 0 bridgehead atoms. The molecule has 2 N–H and O–H groups in total. The molecule has 2 heterocycles. The van der Waals surface area contributed by atoms with Crippen LogP contribution in [0.3, 0.4) is 0 Å². The van der Waals surface area contributed by atoms with Crippen molar-refractivity contribution in [1.29, 1.82) is 0 Å². The Balaban J connectivity index is 1.71. The van der Waals surface area contributed by atoms with Crippen molar-refractivity contribution in [2.75, 3.05) is 13.1 Å². The summed E-state index contributed by atoms with van der Waals surface area (Å²) in [5.74, 6) is 0.188. The summed E-state index contributed by atoms with van der Waals surface area (Å²) in [4.78, 5) is 14.9. The van der Waals surface area contributed by atoms with Gasteiger partial charge in [0.25, 0.3) is 0 Å². The van der Waals surface area contributed by atoms with Gasteiger partial charge in [0.1, 0.15) is 0 Å². The third kappa shape index (κ3) is 2.76. The Morgan fingerprint density at radius 3 is 2.82 bits per heavy atom. The molecule has 0 spiro atoms. The Kier molecular flexibility index (Phi) is 4.47. The first-order valence-electron chi connectivity index (χ1n) is 8.57. The highest BCUT2D eigenvalue weighted by Crippen LogP contribution is 2.47. The number of aromatic nitrogens is 3. The maximum Gasteiger partial charge on any atom is 0.228 e. The number of aryl methyl sites for hydroxylation is 1. The van der Waals surface area contributed by atoms with Gasteiger partial charge < -0.3 is 10.6 Å². The molecule has 2 fully saturated rings. The van der Waals surface area contributed by atoms with Crippen LogP contribution in [0.25, 0.3) is 0 Å². The van der Waals surface area contributed by atoms with Crippen LogP contribution >= 0.6 is 0 Å². The first-order chi connectivity index (χ1) is 10.7. The topological polar surface area (TPSA) is 77.0 Å². The number of amides is 1. The monoisotopic (exact) mass is 305 g/mol. The van der Waals surface area contributed by atoms with E-state index in [-0.39, 0.29) is 11.3 Å². The van der Waals surface area contributed by atoms with Crippen LogP contribution in [0.5, 0.6) is 0 Å². The molecule has 0 radical (unpaired) electrons. The second kappa shape index (κ2) is 6.36. The van der Waals surface area contributed by atoms with Gasteiger partial charge in [-0.2, -0.15) is 0 Å². The Morgan fingerprint density at radius 1 is 1.41 bits per heavy atom. The summed E-state index contributed by atoms with van der Waals surface area (Å²) in [6.07, 6.45) is 9.24. The van der Waals surface area contributed by atoms with Crippen molar-refractivity contribution in [2.24, 2.45) is 11.1 Å². The smallest absolute Gasteiger partial charge is 0.228 e. The van der Waals surface area contributed by atoms with E-state index in [1.165, 1.54) is 25.7 Å². The summed E-state index contributed by atoms with van der Waals surface area (Å²) in [5.41, 5.74) is 7.02. The highest BCUT2D eigenvalue weighted by molar-refractivity contribution is 5.78. The van der Waals surface area contributed by atoms with Gasteiger partial charge in [0.15, 0.2) is 0 Å². The molecule has 1 unspecified atom stereocenters. The molecular formula is C16H27N5O. The number of likely N-dealkylation sites (tertiary alicyclic amines) is 1. The Bertz CT molecular complexity index is 517. The largest absolute Gasteiger partial charge is 0.339 e. The van der Waals surface area contributed by atoms with Gasteiger partial charge in [0.2, 0.25) is 5.91 Å². The first-order valence-corrected chi connectivity index (χ1v) is 8.57. The molecule has 2 aliphatic rings. The van der Waals surface area contributed by atoms with E-state index in [0.29, 0.717) is 19.0 Å². The van der Waals surface area contributed by atoms with Crippen LogP contribution in [-0.4, -0.2) is 44.9 Å². The third-order valence-corrected chi connectivity index (χ3v) is 5.53. The average molecular weight is 305 g/mol. The zero-order chi connectivity index (χ0) is 15.6. The predicted octanol–water partition coefficient (Wildman–Crippen LogP) is 1.35. The lowest BCUT2D eigenvalue weighted by Gasteiger charge is -2.53. The molecule has 1 saturated carbocycles. The molecule has 1 aliphatic heterocycles. The maximum absolute atomic E-state index is 12.8. The Labute approximate surface area is 132 Å². The summed E-state index contributed by atoms with van der Waals surface area (Å²) >= 11 is 0. The second-order valence-electron chi connectivity index (χ2n) is 6.76. The molecule has 6 nitrogen and oxygen atoms in total. The predicted molar refractivity (Wildman–Crippen MR) is 84.1 cm³/mol. The van der Waals surface area contributed by atoms with Crippen molar-refractivity contribution in [2.45, 2.75) is 64.5 Å². The van der Waals surface area contributed by atoms with Crippen molar-refractivity contribution in [1.82, 2.24) is 19.9 Å². The van der Waals surface area contributed by atoms with Gasteiger partial charge in [-0.1, -0.05) is 11.6 Å². The van der Waals surface area contributed by atoms with E-state index in [1.54, 1.807) is 4.68 Å². The van der Waals surface area contributed by atoms with Crippen LogP contribution in [0.2, 0.25) is 0 Å². The number of piperidine rings is 1. The fourth-order valence-electron chi connectivity index (χ4n) is 4.00. The minimum absolute atomic E-state index is 0.178. The molecular weight excluding hydrogens is 278 g/mol. The van der Waals surface area contributed by atoms with Gasteiger partial charge in [-0.3, -0.25) is 9.48 Å². The Morgan fingerprint density at radius 2 is 2.23 bits per heavy atom. The van der Waals surface area contributed by atoms with Gasteiger partial charge >= 0.3 is 0 Å². The van der Waals surface area contributed by atoms with Crippen molar-refractivity contribution in [3.63, 3.8) is 0 Å². The number of hydrogen-bond donors (Lipinski definition) is 1. The normalized spacial score (nSPS) is 24.1. The number of nitrogens with zero attached hydrogens (tertiary/aromatic N) is 4. The van der Waals surface area contributed by atoms with Crippen LogP contribution in [0.15, 0.2) is 6.20 Å².